The summed E-state index contributed by atoms with van der Waals surface area (Å²) in [5, 5.41) is 0. The van der Waals surface area contributed by atoms with Crippen molar-refractivity contribution in [2.24, 2.45) is 5.92 Å². The Morgan fingerprint density at radius 1 is 0.889 bits per heavy atom. The zero-order chi connectivity index (χ0) is 19.8. The molecule has 0 bridgehead atoms. The van der Waals surface area contributed by atoms with Crippen LogP contribution in [0.25, 0.3) is 0 Å². The fourth-order valence-corrected chi connectivity index (χ4v) is 4.05. The quantitative estimate of drug-likeness (QED) is 0.790. The summed E-state index contributed by atoms with van der Waals surface area (Å²) in [6.07, 6.45) is 0. The molecule has 3 amide bonds. The molecule has 1 aliphatic heterocycles. The summed E-state index contributed by atoms with van der Waals surface area (Å²) >= 11 is 0. The second-order valence-corrected chi connectivity index (χ2v) is 8.18. The first-order valence-corrected chi connectivity index (χ1v) is 9.81. The molecular weight excluding hydrogens is 368 g/mol. The number of imide groups is 1. The van der Waals surface area contributed by atoms with Gasteiger partial charge in [0.05, 0.1) is 16.0 Å². The summed E-state index contributed by atoms with van der Waals surface area (Å²) in [7, 11) is -4.12. The van der Waals surface area contributed by atoms with E-state index in [-0.39, 0.29) is 16.0 Å². The van der Waals surface area contributed by atoms with Gasteiger partial charge >= 0.3 is 0 Å². The minimum atomic E-state index is -4.12. The number of nitrogens with one attached hydrogen (secondary N) is 1. The summed E-state index contributed by atoms with van der Waals surface area (Å²) in [6.45, 7) is 3.28. The van der Waals surface area contributed by atoms with Gasteiger partial charge in [0.2, 0.25) is 0 Å². The van der Waals surface area contributed by atoms with Gasteiger partial charge in [-0.3, -0.25) is 19.3 Å². The van der Waals surface area contributed by atoms with Crippen molar-refractivity contribution in [1.82, 2.24) is 9.62 Å². The number of sulfonamides is 1. The molecule has 3 rings (SSSR count). The second kappa shape index (κ2) is 6.96. The number of amides is 3. The van der Waals surface area contributed by atoms with Gasteiger partial charge in [0.15, 0.2) is 0 Å². The van der Waals surface area contributed by atoms with E-state index in [1.807, 2.05) is 4.72 Å². The molecule has 0 spiro atoms. The molecule has 7 nitrogen and oxygen atoms in total. The predicted molar refractivity (Wildman–Crippen MR) is 97.3 cm³/mol. The first-order valence-electron chi connectivity index (χ1n) is 8.32. The maximum atomic E-state index is 12.8. The summed E-state index contributed by atoms with van der Waals surface area (Å²) in [5.41, 5.74) is 0.402. The molecule has 0 saturated carbocycles. The van der Waals surface area contributed by atoms with E-state index in [4.69, 9.17) is 0 Å². The summed E-state index contributed by atoms with van der Waals surface area (Å²) in [4.78, 5) is 38.9. The van der Waals surface area contributed by atoms with Gasteiger partial charge in [-0.2, -0.15) is 0 Å². The lowest BCUT2D eigenvalue weighted by atomic mass is 10.0. The number of rotatable bonds is 5. The Morgan fingerprint density at radius 3 is 1.85 bits per heavy atom. The van der Waals surface area contributed by atoms with Crippen molar-refractivity contribution in [2.45, 2.75) is 24.8 Å². The highest BCUT2D eigenvalue weighted by Gasteiger charge is 2.44. The summed E-state index contributed by atoms with van der Waals surface area (Å²) in [6, 6.07) is 12.4. The molecular formula is C19H18N2O5S. The normalized spacial score (nSPS) is 15.0. The van der Waals surface area contributed by atoms with Gasteiger partial charge in [-0.1, -0.05) is 44.2 Å². The lowest BCUT2D eigenvalue weighted by Gasteiger charge is -2.28. The lowest BCUT2D eigenvalue weighted by Crippen LogP contribution is -2.53. The highest BCUT2D eigenvalue weighted by atomic mass is 32.2. The maximum absolute atomic E-state index is 12.8. The van der Waals surface area contributed by atoms with Gasteiger partial charge in [-0.15, -0.1) is 0 Å². The molecule has 140 valence electrons. The number of benzene rings is 2. The topological polar surface area (TPSA) is 101 Å². The van der Waals surface area contributed by atoms with E-state index < -0.39 is 39.7 Å². The van der Waals surface area contributed by atoms with Crippen LogP contribution in [0.5, 0.6) is 0 Å². The highest BCUT2D eigenvalue weighted by molar-refractivity contribution is 7.90. The SMILES string of the molecule is CC(C)C(C(=O)NS(=O)(=O)c1ccccc1)N1C(=O)c2ccccc2C1=O. The molecule has 1 unspecified atom stereocenters. The number of hydrogen-bond acceptors (Lipinski definition) is 5. The molecule has 0 fully saturated rings. The Kier molecular flexibility index (Phi) is 4.84. The first kappa shape index (κ1) is 18.8. The molecule has 0 aliphatic carbocycles. The van der Waals surface area contributed by atoms with Crippen molar-refractivity contribution in [3.8, 4) is 0 Å². The first-order chi connectivity index (χ1) is 12.7. The van der Waals surface area contributed by atoms with Gasteiger partial charge in [0, 0.05) is 0 Å². The van der Waals surface area contributed by atoms with Crippen LogP contribution in [-0.2, 0) is 14.8 Å². The van der Waals surface area contributed by atoms with E-state index in [0.29, 0.717) is 0 Å². The second-order valence-electron chi connectivity index (χ2n) is 6.50. The third kappa shape index (κ3) is 3.35. The third-order valence-electron chi connectivity index (χ3n) is 4.29. The van der Waals surface area contributed by atoms with Crippen LogP contribution in [0.4, 0.5) is 0 Å². The van der Waals surface area contributed by atoms with Crippen LogP contribution in [0, 0.1) is 5.92 Å². The molecule has 2 aromatic carbocycles. The Hall–Kier alpha value is -3.00. The summed E-state index contributed by atoms with van der Waals surface area (Å²) < 4.78 is 26.9. The number of fused-ring (bicyclic) bond motifs is 1. The monoisotopic (exact) mass is 386 g/mol. The zero-order valence-corrected chi connectivity index (χ0v) is 15.6. The third-order valence-corrected chi connectivity index (χ3v) is 5.65. The number of carbonyl (C=O) groups excluding carboxylic acids is 3. The molecule has 0 radical (unpaired) electrons. The lowest BCUT2D eigenvalue weighted by molar-refractivity contribution is -0.124. The predicted octanol–water partition coefficient (Wildman–Crippen LogP) is 1.81. The molecule has 2 aromatic rings. The standard InChI is InChI=1S/C19H18N2O5S/c1-12(2)16(17(22)20-27(25,26)13-8-4-3-5-9-13)21-18(23)14-10-6-7-11-15(14)19(21)24/h3-12,16H,1-2H3,(H,20,22). The maximum Gasteiger partial charge on any atom is 0.264 e. The van der Waals surface area contributed by atoms with Crippen LogP contribution < -0.4 is 4.72 Å². The van der Waals surface area contributed by atoms with E-state index in [1.165, 1.54) is 36.4 Å². The largest absolute Gasteiger partial charge is 0.272 e. The van der Waals surface area contributed by atoms with E-state index in [2.05, 4.69) is 0 Å². The fourth-order valence-electron chi connectivity index (χ4n) is 3.03. The Morgan fingerprint density at radius 2 is 1.37 bits per heavy atom. The zero-order valence-electron chi connectivity index (χ0n) is 14.7. The van der Waals surface area contributed by atoms with Gasteiger partial charge in [0.25, 0.3) is 27.7 Å². The molecule has 1 atom stereocenters. The van der Waals surface area contributed by atoms with Gasteiger partial charge < -0.3 is 0 Å². The average molecular weight is 386 g/mol. The molecule has 0 aromatic heterocycles. The Balaban J connectivity index is 1.92. The fraction of sp³-hybridized carbons (Fsp3) is 0.211. The highest BCUT2D eigenvalue weighted by Crippen LogP contribution is 2.27. The number of hydrogen-bond donors (Lipinski definition) is 1. The Bertz CT molecular complexity index is 980. The van der Waals surface area contributed by atoms with Gasteiger partial charge in [-0.25, -0.2) is 13.1 Å². The van der Waals surface area contributed by atoms with Crippen LogP contribution in [0.3, 0.4) is 0 Å². The smallest absolute Gasteiger partial charge is 0.264 e. The van der Waals surface area contributed by atoms with Crippen molar-refractivity contribution < 1.29 is 22.8 Å². The van der Waals surface area contributed by atoms with Crippen molar-refractivity contribution in [3.63, 3.8) is 0 Å². The number of nitrogens with zero attached hydrogens (tertiary/aromatic N) is 1. The molecule has 27 heavy (non-hydrogen) atoms. The van der Waals surface area contributed by atoms with Crippen LogP contribution >= 0.6 is 0 Å². The minimum absolute atomic E-state index is 0.0804. The minimum Gasteiger partial charge on any atom is -0.272 e. The van der Waals surface area contributed by atoms with E-state index in [1.54, 1.807) is 32.0 Å². The van der Waals surface area contributed by atoms with Crippen molar-refractivity contribution in [3.05, 3.63) is 65.7 Å². The van der Waals surface area contributed by atoms with Gasteiger partial charge in [0.1, 0.15) is 6.04 Å². The van der Waals surface area contributed by atoms with Crippen LogP contribution in [-0.4, -0.2) is 37.1 Å². The molecule has 1 heterocycles. The van der Waals surface area contributed by atoms with Crippen molar-refractivity contribution in [2.75, 3.05) is 0 Å². The van der Waals surface area contributed by atoms with E-state index in [0.717, 1.165) is 4.90 Å². The van der Waals surface area contributed by atoms with E-state index >= 15 is 0 Å². The Labute approximate surface area is 157 Å². The van der Waals surface area contributed by atoms with E-state index in [9.17, 15) is 22.8 Å². The number of carbonyl (C=O) groups is 3. The summed E-state index contributed by atoms with van der Waals surface area (Å²) in [5.74, 6) is -2.63. The molecule has 1 aliphatic rings. The van der Waals surface area contributed by atoms with Crippen LogP contribution in [0.1, 0.15) is 34.6 Å². The van der Waals surface area contributed by atoms with Crippen molar-refractivity contribution >= 4 is 27.7 Å². The average Bonchev–Trinajstić information content (AvgIpc) is 2.88. The molecule has 1 N–H and O–H groups in total. The van der Waals surface area contributed by atoms with Crippen molar-refractivity contribution in [1.29, 1.82) is 0 Å². The van der Waals surface area contributed by atoms with Gasteiger partial charge in [-0.05, 0) is 30.2 Å². The van der Waals surface area contributed by atoms with Crippen LogP contribution in [0.2, 0.25) is 0 Å². The molecule has 0 saturated heterocycles. The van der Waals surface area contributed by atoms with Crippen LogP contribution in [0.15, 0.2) is 59.5 Å². The molecule has 8 heteroatoms.